The quantitative estimate of drug-likeness (QED) is 0.756. The number of halogens is 1. The minimum Gasteiger partial charge on any atom is -0.377 e. The predicted octanol–water partition coefficient (Wildman–Crippen LogP) is 3.18. The Kier molecular flexibility index (Phi) is 5.78. The molecule has 2 aromatic rings. The molecule has 0 bridgehead atoms. The molecule has 3 aliphatic rings. The fraction of sp³-hybridized carbons (Fsp3) is 0.480. The third-order valence-electron chi connectivity index (χ3n) is 7.04. The van der Waals surface area contributed by atoms with Crippen LogP contribution < -0.4 is 0 Å². The van der Waals surface area contributed by atoms with Crippen LogP contribution in [0.15, 0.2) is 48.5 Å². The number of ether oxygens (including phenoxy) is 2. The van der Waals surface area contributed by atoms with Crippen molar-refractivity contribution in [1.82, 2.24) is 9.80 Å². The van der Waals surface area contributed by atoms with Crippen LogP contribution in [-0.2, 0) is 20.7 Å². The van der Waals surface area contributed by atoms with E-state index in [-0.39, 0.29) is 29.9 Å². The van der Waals surface area contributed by atoms with Crippen molar-refractivity contribution in [3.05, 3.63) is 71.0 Å². The Balaban J connectivity index is 1.43. The molecule has 3 aliphatic heterocycles. The molecule has 0 unspecified atom stereocenters. The van der Waals surface area contributed by atoms with E-state index in [4.69, 9.17) is 9.47 Å². The second kappa shape index (κ2) is 8.69. The maximum atomic E-state index is 13.8. The summed E-state index contributed by atoms with van der Waals surface area (Å²) in [6.07, 6.45) is 2.17. The summed E-state index contributed by atoms with van der Waals surface area (Å²) in [4.78, 5) is 18.1. The van der Waals surface area contributed by atoms with Crippen molar-refractivity contribution in [2.24, 2.45) is 0 Å². The van der Waals surface area contributed by atoms with E-state index in [0.29, 0.717) is 19.6 Å². The van der Waals surface area contributed by atoms with Crippen molar-refractivity contribution in [2.45, 2.75) is 43.6 Å². The molecule has 2 saturated heterocycles. The van der Waals surface area contributed by atoms with Gasteiger partial charge in [-0.25, -0.2) is 4.39 Å². The first-order chi connectivity index (χ1) is 15.2. The molecule has 31 heavy (non-hydrogen) atoms. The molecule has 0 N–H and O–H groups in total. The lowest BCUT2D eigenvalue weighted by Crippen LogP contribution is -2.59. The number of hydrogen-bond acceptors (Lipinski definition) is 4. The highest BCUT2D eigenvalue weighted by Crippen LogP contribution is 2.37. The molecule has 4 atom stereocenters. The summed E-state index contributed by atoms with van der Waals surface area (Å²) in [5.74, 6) is -0.256. The monoisotopic (exact) mass is 424 g/mol. The average molecular weight is 425 g/mol. The Morgan fingerprint density at radius 3 is 2.58 bits per heavy atom. The van der Waals surface area contributed by atoms with Crippen molar-refractivity contribution in [1.29, 1.82) is 0 Å². The summed E-state index contributed by atoms with van der Waals surface area (Å²) in [5, 5.41) is 0. The van der Waals surface area contributed by atoms with Gasteiger partial charge in [0.05, 0.1) is 18.8 Å². The van der Waals surface area contributed by atoms with Crippen LogP contribution in [0.3, 0.4) is 0 Å². The average Bonchev–Trinajstić information content (AvgIpc) is 2.77. The number of rotatable bonds is 4. The number of carbonyl (C=O) groups is 1. The number of fused-ring (bicyclic) bond motifs is 1. The number of nitrogens with zero attached hydrogens (tertiary/aromatic N) is 2. The highest BCUT2D eigenvalue weighted by Gasteiger charge is 2.43. The smallest absolute Gasteiger partial charge is 0.252 e. The molecule has 5 rings (SSSR count). The third-order valence-corrected chi connectivity index (χ3v) is 7.04. The normalized spacial score (nSPS) is 28.6. The van der Waals surface area contributed by atoms with Crippen LogP contribution in [0.5, 0.6) is 0 Å². The molecular formula is C25H29FN2O3. The van der Waals surface area contributed by atoms with Crippen LogP contribution in [-0.4, -0.2) is 67.3 Å². The minimum atomic E-state index is -0.481. The molecule has 3 heterocycles. The van der Waals surface area contributed by atoms with Gasteiger partial charge in [-0.1, -0.05) is 36.4 Å². The van der Waals surface area contributed by atoms with Gasteiger partial charge < -0.3 is 14.4 Å². The van der Waals surface area contributed by atoms with E-state index >= 15 is 0 Å². The second-order valence-corrected chi connectivity index (χ2v) is 8.72. The SMILES string of the molecule is CO[C@H]1CO[C@@H](C(=O)N2CCc3ccccc3[C@@H]2c2ccc(F)cc2)C[C@@H]1N1CCC1. The first-order valence-electron chi connectivity index (χ1n) is 11.2. The molecule has 0 aliphatic carbocycles. The Morgan fingerprint density at radius 1 is 1.10 bits per heavy atom. The van der Waals surface area contributed by atoms with Gasteiger partial charge in [0.2, 0.25) is 0 Å². The number of methoxy groups -OCH3 is 1. The largest absolute Gasteiger partial charge is 0.377 e. The lowest BCUT2D eigenvalue weighted by Gasteiger charge is -2.47. The first kappa shape index (κ1) is 20.6. The molecule has 0 aromatic heterocycles. The lowest BCUT2D eigenvalue weighted by atomic mass is 9.87. The highest BCUT2D eigenvalue weighted by atomic mass is 19.1. The third kappa shape index (κ3) is 3.88. The molecule has 164 valence electrons. The van der Waals surface area contributed by atoms with Gasteiger partial charge in [0.1, 0.15) is 11.9 Å². The number of benzene rings is 2. The standard InChI is InChI=1S/C25H29FN2O3/c1-30-23-16-31-22(15-21(23)27-12-4-13-27)25(29)28-14-11-17-5-2-3-6-20(17)24(28)18-7-9-19(26)10-8-18/h2-3,5-10,21-24H,4,11-16H2,1H3/t21-,22+,23-,24-/m0/s1. The van der Waals surface area contributed by atoms with Gasteiger partial charge in [-0.15, -0.1) is 0 Å². The zero-order valence-electron chi connectivity index (χ0n) is 17.9. The molecular weight excluding hydrogens is 395 g/mol. The van der Waals surface area contributed by atoms with Gasteiger partial charge in [0, 0.05) is 26.1 Å². The van der Waals surface area contributed by atoms with Crippen molar-refractivity contribution < 1.29 is 18.7 Å². The number of hydrogen-bond donors (Lipinski definition) is 0. The van der Waals surface area contributed by atoms with Crippen LogP contribution in [0.1, 0.15) is 35.6 Å². The minimum absolute atomic E-state index is 0.000623. The summed E-state index contributed by atoms with van der Waals surface area (Å²) < 4.78 is 25.3. The van der Waals surface area contributed by atoms with Crippen LogP contribution in [0.4, 0.5) is 4.39 Å². The Hall–Kier alpha value is -2.28. The van der Waals surface area contributed by atoms with Crippen molar-refractivity contribution >= 4 is 5.91 Å². The summed E-state index contributed by atoms with van der Waals surface area (Å²) in [6, 6.07) is 14.7. The van der Waals surface area contributed by atoms with Gasteiger partial charge in [-0.2, -0.15) is 0 Å². The first-order valence-corrected chi connectivity index (χ1v) is 11.2. The lowest BCUT2D eigenvalue weighted by molar-refractivity contribution is -0.165. The van der Waals surface area contributed by atoms with Crippen molar-refractivity contribution in [2.75, 3.05) is 33.4 Å². The second-order valence-electron chi connectivity index (χ2n) is 8.72. The fourth-order valence-electron chi connectivity index (χ4n) is 5.21. The van der Waals surface area contributed by atoms with Crippen LogP contribution in [0.2, 0.25) is 0 Å². The zero-order chi connectivity index (χ0) is 21.4. The summed E-state index contributed by atoms with van der Waals surface area (Å²) in [6.45, 7) is 3.17. The zero-order valence-corrected chi connectivity index (χ0v) is 17.9. The Labute approximate surface area is 182 Å². The molecule has 2 aromatic carbocycles. The number of amides is 1. The van der Waals surface area contributed by atoms with Crippen LogP contribution in [0, 0.1) is 5.82 Å². The van der Waals surface area contributed by atoms with E-state index in [1.54, 1.807) is 19.2 Å². The van der Waals surface area contributed by atoms with E-state index in [1.165, 1.54) is 24.1 Å². The Bertz CT molecular complexity index is 931. The highest BCUT2D eigenvalue weighted by molar-refractivity contribution is 5.82. The van der Waals surface area contributed by atoms with Gasteiger partial charge in [0.15, 0.2) is 0 Å². The van der Waals surface area contributed by atoms with Gasteiger partial charge in [-0.3, -0.25) is 9.69 Å². The molecule has 6 heteroatoms. The van der Waals surface area contributed by atoms with E-state index < -0.39 is 6.10 Å². The molecule has 0 radical (unpaired) electrons. The maximum absolute atomic E-state index is 13.8. The molecule has 1 amide bonds. The molecule has 0 saturated carbocycles. The van der Waals surface area contributed by atoms with Gasteiger partial charge >= 0.3 is 0 Å². The fourth-order valence-corrected chi connectivity index (χ4v) is 5.21. The summed E-state index contributed by atoms with van der Waals surface area (Å²) >= 11 is 0. The molecule has 2 fully saturated rings. The van der Waals surface area contributed by atoms with Crippen molar-refractivity contribution in [3.8, 4) is 0 Å². The maximum Gasteiger partial charge on any atom is 0.252 e. The number of likely N-dealkylation sites (tertiary alicyclic amines) is 1. The van der Waals surface area contributed by atoms with Crippen LogP contribution >= 0.6 is 0 Å². The van der Waals surface area contributed by atoms with Crippen LogP contribution in [0.25, 0.3) is 0 Å². The van der Waals surface area contributed by atoms with Gasteiger partial charge in [-0.05, 0) is 54.8 Å². The van der Waals surface area contributed by atoms with Crippen molar-refractivity contribution in [3.63, 3.8) is 0 Å². The Morgan fingerprint density at radius 2 is 1.87 bits per heavy atom. The summed E-state index contributed by atoms with van der Waals surface area (Å²) in [5.41, 5.74) is 3.27. The summed E-state index contributed by atoms with van der Waals surface area (Å²) in [7, 11) is 1.72. The molecule has 5 nitrogen and oxygen atoms in total. The van der Waals surface area contributed by atoms with E-state index in [2.05, 4.69) is 17.0 Å². The van der Waals surface area contributed by atoms with Gasteiger partial charge in [0.25, 0.3) is 5.91 Å². The predicted molar refractivity (Wildman–Crippen MR) is 115 cm³/mol. The molecule has 0 spiro atoms. The van der Waals surface area contributed by atoms with E-state index in [0.717, 1.165) is 30.6 Å². The van der Waals surface area contributed by atoms with E-state index in [1.807, 2.05) is 17.0 Å². The topological polar surface area (TPSA) is 42.0 Å². The number of carbonyl (C=O) groups excluding carboxylic acids is 1. The van der Waals surface area contributed by atoms with E-state index in [9.17, 15) is 9.18 Å².